The third-order valence-corrected chi connectivity index (χ3v) is 5.63. The lowest BCUT2D eigenvalue weighted by molar-refractivity contribution is 0.492. The molecule has 1 aliphatic rings. The summed E-state index contributed by atoms with van der Waals surface area (Å²) in [4.78, 5) is 4.89. The van der Waals surface area contributed by atoms with Crippen LogP contribution in [-0.2, 0) is 15.7 Å². The van der Waals surface area contributed by atoms with Crippen LogP contribution in [0.3, 0.4) is 0 Å². The van der Waals surface area contributed by atoms with Gasteiger partial charge in [0.05, 0.1) is 6.26 Å². The van der Waals surface area contributed by atoms with Crippen LogP contribution in [0.2, 0.25) is 0 Å². The Hall–Kier alpha value is -2.64. The molecule has 0 saturated heterocycles. The zero-order valence-electron chi connectivity index (χ0n) is 15.0. The number of benzene rings is 3. The first-order chi connectivity index (χ1) is 13.3. The van der Waals surface area contributed by atoms with Crippen molar-refractivity contribution in [2.24, 2.45) is 10.7 Å². The van der Waals surface area contributed by atoms with E-state index in [9.17, 15) is 8.42 Å². The Kier molecular flexibility index (Phi) is 4.51. The normalized spacial score (nSPS) is 18.4. The molecule has 0 amide bonds. The fourth-order valence-electron chi connectivity index (χ4n) is 3.57. The summed E-state index contributed by atoms with van der Waals surface area (Å²) < 4.78 is 28.7. The number of nitrogens with two attached hydrogens (primary N) is 1. The zero-order valence-corrected chi connectivity index (χ0v) is 17.4. The van der Waals surface area contributed by atoms with Crippen molar-refractivity contribution in [2.45, 2.75) is 5.54 Å². The van der Waals surface area contributed by atoms with Gasteiger partial charge in [-0.1, -0.05) is 64.5 Å². The first-order valence-electron chi connectivity index (χ1n) is 8.51. The van der Waals surface area contributed by atoms with Gasteiger partial charge >= 0.3 is 10.1 Å². The van der Waals surface area contributed by atoms with Gasteiger partial charge in [0.15, 0.2) is 0 Å². The van der Waals surface area contributed by atoms with Crippen molar-refractivity contribution in [1.29, 1.82) is 0 Å². The molecule has 7 heteroatoms. The van der Waals surface area contributed by atoms with Gasteiger partial charge in [-0.2, -0.15) is 8.42 Å². The Morgan fingerprint density at radius 3 is 2.36 bits per heavy atom. The Bertz CT molecular complexity index is 1190. The lowest BCUT2D eigenvalue weighted by Gasteiger charge is -2.29. The molecule has 1 unspecified atom stereocenters. The molecule has 1 heterocycles. The topological polar surface area (TPSA) is 81.8 Å². The van der Waals surface area contributed by atoms with Gasteiger partial charge in [-0.3, -0.25) is 0 Å². The Morgan fingerprint density at radius 2 is 1.68 bits per heavy atom. The summed E-state index contributed by atoms with van der Waals surface area (Å²) in [5.74, 6) is 0.714. The molecule has 0 saturated carbocycles. The van der Waals surface area contributed by atoms with Gasteiger partial charge < -0.3 is 9.92 Å². The summed E-state index contributed by atoms with van der Waals surface area (Å²) in [6.45, 7) is 0. The molecule has 0 radical (unpaired) electrons. The molecule has 0 spiro atoms. The Balaban J connectivity index is 1.94. The average Bonchev–Trinajstić information content (AvgIpc) is 2.95. The predicted octanol–water partition coefficient (Wildman–Crippen LogP) is 3.80. The van der Waals surface area contributed by atoms with Crippen LogP contribution >= 0.6 is 15.9 Å². The van der Waals surface area contributed by atoms with Crippen LogP contribution in [0.25, 0.3) is 0 Å². The highest BCUT2D eigenvalue weighted by Gasteiger charge is 2.42. The molecule has 28 heavy (non-hydrogen) atoms. The number of nitrogens with zero attached hydrogens (tertiary/aromatic N) is 1. The maximum atomic E-state index is 11.4. The number of halogens is 1. The van der Waals surface area contributed by atoms with Crippen molar-refractivity contribution in [3.05, 3.63) is 99.5 Å². The van der Waals surface area contributed by atoms with E-state index in [0.29, 0.717) is 5.84 Å². The van der Waals surface area contributed by atoms with Crippen LogP contribution in [0.5, 0.6) is 5.75 Å². The van der Waals surface area contributed by atoms with Crippen molar-refractivity contribution in [3.8, 4) is 5.75 Å². The quantitative estimate of drug-likeness (QED) is 0.605. The minimum atomic E-state index is -3.59. The lowest BCUT2D eigenvalue weighted by atomic mass is 9.77. The minimum absolute atomic E-state index is 0.249. The molecular weight excluding hydrogens is 440 g/mol. The van der Waals surface area contributed by atoms with Crippen LogP contribution in [0.15, 0.2) is 82.3 Å². The molecule has 0 aliphatic carbocycles. The first-order valence-corrected chi connectivity index (χ1v) is 11.1. The summed E-state index contributed by atoms with van der Waals surface area (Å²) in [7, 11) is -3.59. The first kappa shape index (κ1) is 18.7. The van der Waals surface area contributed by atoms with Crippen LogP contribution in [-0.4, -0.2) is 20.5 Å². The SMILES string of the molecule is CS(=O)(=O)Oc1ccc(C2(c3cccc(Br)c3)N=C(N)c3ccccc32)cc1. The van der Waals surface area contributed by atoms with Crippen LogP contribution in [0.4, 0.5) is 0 Å². The van der Waals surface area contributed by atoms with Gasteiger partial charge in [0.2, 0.25) is 0 Å². The second-order valence-electron chi connectivity index (χ2n) is 6.58. The highest BCUT2D eigenvalue weighted by molar-refractivity contribution is 9.10. The molecule has 142 valence electrons. The molecule has 4 rings (SSSR count). The van der Waals surface area contributed by atoms with Crippen molar-refractivity contribution in [2.75, 3.05) is 6.26 Å². The monoisotopic (exact) mass is 456 g/mol. The summed E-state index contributed by atoms with van der Waals surface area (Å²) in [5.41, 5.74) is 9.13. The third kappa shape index (κ3) is 3.21. The summed E-state index contributed by atoms with van der Waals surface area (Å²) in [6.07, 6.45) is 1.02. The maximum absolute atomic E-state index is 11.4. The fourth-order valence-corrected chi connectivity index (χ4v) is 4.43. The highest BCUT2D eigenvalue weighted by Crippen LogP contribution is 2.46. The maximum Gasteiger partial charge on any atom is 0.306 e. The summed E-state index contributed by atoms with van der Waals surface area (Å²) in [6, 6.07) is 22.7. The summed E-state index contributed by atoms with van der Waals surface area (Å²) >= 11 is 3.54. The Morgan fingerprint density at radius 1 is 0.964 bits per heavy atom. The summed E-state index contributed by atoms with van der Waals surface area (Å²) in [5, 5.41) is 0. The second-order valence-corrected chi connectivity index (χ2v) is 9.07. The number of rotatable bonds is 4. The highest BCUT2D eigenvalue weighted by atomic mass is 79.9. The van der Waals surface area contributed by atoms with Gasteiger partial charge in [-0.05, 0) is 41.0 Å². The second kappa shape index (κ2) is 6.76. The fraction of sp³-hybridized carbons (Fsp3) is 0.0952. The van der Waals surface area contributed by atoms with E-state index in [-0.39, 0.29) is 5.75 Å². The molecule has 0 aromatic heterocycles. The number of hydrogen-bond donors (Lipinski definition) is 1. The van der Waals surface area contributed by atoms with E-state index in [0.717, 1.165) is 33.0 Å². The van der Waals surface area contributed by atoms with E-state index in [2.05, 4.69) is 15.9 Å². The number of aliphatic imine (C=N–C) groups is 1. The van der Waals surface area contributed by atoms with E-state index >= 15 is 0 Å². The van der Waals surface area contributed by atoms with E-state index in [1.54, 1.807) is 12.1 Å². The predicted molar refractivity (Wildman–Crippen MR) is 113 cm³/mol. The van der Waals surface area contributed by atoms with Crippen molar-refractivity contribution in [3.63, 3.8) is 0 Å². The van der Waals surface area contributed by atoms with Gasteiger partial charge in [-0.15, -0.1) is 0 Å². The third-order valence-electron chi connectivity index (χ3n) is 4.64. The van der Waals surface area contributed by atoms with Gasteiger partial charge in [0.1, 0.15) is 17.1 Å². The van der Waals surface area contributed by atoms with Gasteiger partial charge in [-0.25, -0.2) is 4.99 Å². The Labute approximate surface area is 172 Å². The van der Waals surface area contributed by atoms with Crippen molar-refractivity contribution < 1.29 is 12.6 Å². The van der Waals surface area contributed by atoms with E-state index < -0.39 is 15.7 Å². The lowest BCUT2D eigenvalue weighted by Crippen LogP contribution is -2.25. The van der Waals surface area contributed by atoms with Crippen molar-refractivity contribution in [1.82, 2.24) is 0 Å². The molecule has 0 fully saturated rings. The van der Waals surface area contributed by atoms with Crippen LogP contribution in [0, 0.1) is 0 Å². The number of hydrogen-bond acceptors (Lipinski definition) is 5. The largest absolute Gasteiger partial charge is 0.383 e. The van der Waals surface area contributed by atoms with Gasteiger partial charge in [0, 0.05) is 10.0 Å². The number of fused-ring (bicyclic) bond motifs is 1. The molecule has 5 nitrogen and oxygen atoms in total. The van der Waals surface area contributed by atoms with Crippen LogP contribution in [0.1, 0.15) is 22.3 Å². The van der Waals surface area contributed by atoms with E-state index in [4.69, 9.17) is 14.9 Å². The zero-order chi connectivity index (χ0) is 19.9. The van der Waals surface area contributed by atoms with Crippen molar-refractivity contribution >= 4 is 31.9 Å². The van der Waals surface area contributed by atoms with Crippen LogP contribution < -0.4 is 9.92 Å². The van der Waals surface area contributed by atoms with Gasteiger partial charge in [0.25, 0.3) is 0 Å². The molecular formula is C21H17BrN2O3S. The average molecular weight is 457 g/mol. The van der Waals surface area contributed by atoms with E-state index in [1.807, 2.05) is 60.7 Å². The molecule has 0 bridgehead atoms. The molecule has 3 aromatic rings. The molecule has 3 aromatic carbocycles. The molecule has 1 atom stereocenters. The number of amidine groups is 1. The molecule has 2 N–H and O–H groups in total. The minimum Gasteiger partial charge on any atom is -0.383 e. The smallest absolute Gasteiger partial charge is 0.306 e. The molecule has 1 aliphatic heterocycles. The van der Waals surface area contributed by atoms with E-state index in [1.165, 1.54) is 0 Å². The standard InChI is InChI=1S/C21H17BrN2O3S/c1-28(25,26)27-17-11-9-14(10-12-17)21(15-5-4-6-16(22)13-15)19-8-3-2-7-18(19)20(23)24-21/h2-13H,1H3,(H2,23,24).